The molecular formula is C14H21NO4. The molecule has 0 aliphatic carbocycles. The van der Waals surface area contributed by atoms with Gasteiger partial charge in [0.15, 0.2) is 0 Å². The Hall–Kier alpha value is -1.75. The van der Waals surface area contributed by atoms with Crippen molar-refractivity contribution in [3.8, 4) is 11.5 Å². The van der Waals surface area contributed by atoms with E-state index in [0.717, 1.165) is 22.6 Å². The Morgan fingerprint density at radius 1 is 1.16 bits per heavy atom. The van der Waals surface area contributed by atoms with Gasteiger partial charge in [0.1, 0.15) is 11.5 Å². The summed E-state index contributed by atoms with van der Waals surface area (Å²) >= 11 is 0. The molecule has 1 rings (SSSR count). The van der Waals surface area contributed by atoms with Crippen LogP contribution in [0.3, 0.4) is 0 Å². The van der Waals surface area contributed by atoms with E-state index in [4.69, 9.17) is 9.47 Å². The number of esters is 1. The molecular weight excluding hydrogens is 246 g/mol. The first-order valence-corrected chi connectivity index (χ1v) is 5.98. The van der Waals surface area contributed by atoms with Crippen LogP contribution in [0.25, 0.3) is 0 Å². The van der Waals surface area contributed by atoms with Crippen LogP contribution in [0.5, 0.6) is 11.5 Å². The molecule has 0 amide bonds. The molecule has 106 valence electrons. The maximum atomic E-state index is 11.2. The molecule has 0 aromatic heterocycles. The van der Waals surface area contributed by atoms with Crippen LogP contribution >= 0.6 is 0 Å². The zero-order valence-corrected chi connectivity index (χ0v) is 12.1. The number of aryl methyl sites for hydroxylation is 1. The number of methoxy groups -OCH3 is 3. The lowest BCUT2D eigenvalue weighted by Gasteiger charge is -2.18. The highest BCUT2D eigenvalue weighted by Gasteiger charge is 2.12. The Morgan fingerprint density at radius 2 is 1.79 bits per heavy atom. The monoisotopic (exact) mass is 267 g/mol. The molecule has 1 aromatic rings. The Labute approximate surface area is 114 Å². The summed E-state index contributed by atoms with van der Waals surface area (Å²) in [4.78, 5) is 13.1. The highest BCUT2D eigenvalue weighted by molar-refractivity contribution is 5.71. The third-order valence-electron chi connectivity index (χ3n) is 2.86. The number of rotatable bonds is 6. The van der Waals surface area contributed by atoms with Crippen LogP contribution in [0.2, 0.25) is 0 Å². The van der Waals surface area contributed by atoms with E-state index in [1.165, 1.54) is 7.11 Å². The first-order valence-electron chi connectivity index (χ1n) is 5.98. The van der Waals surface area contributed by atoms with Crippen LogP contribution in [0, 0.1) is 6.92 Å². The molecule has 0 atom stereocenters. The van der Waals surface area contributed by atoms with Crippen molar-refractivity contribution in [2.45, 2.75) is 13.5 Å². The maximum Gasteiger partial charge on any atom is 0.319 e. The fraction of sp³-hybridized carbons (Fsp3) is 0.500. The van der Waals surface area contributed by atoms with Crippen LogP contribution in [0.15, 0.2) is 12.1 Å². The van der Waals surface area contributed by atoms with E-state index in [0.29, 0.717) is 6.54 Å². The number of ether oxygens (including phenoxy) is 3. The van der Waals surface area contributed by atoms with Gasteiger partial charge in [0.25, 0.3) is 0 Å². The molecule has 0 bridgehead atoms. The van der Waals surface area contributed by atoms with E-state index in [1.54, 1.807) is 14.2 Å². The lowest BCUT2D eigenvalue weighted by Crippen LogP contribution is -2.26. The molecule has 0 fully saturated rings. The topological polar surface area (TPSA) is 48.0 Å². The van der Waals surface area contributed by atoms with Crippen molar-refractivity contribution >= 4 is 5.97 Å². The molecule has 0 heterocycles. The second-order valence-corrected chi connectivity index (χ2v) is 4.38. The average molecular weight is 267 g/mol. The fourth-order valence-electron chi connectivity index (χ4n) is 1.87. The number of hydrogen-bond donors (Lipinski definition) is 0. The van der Waals surface area contributed by atoms with Crippen molar-refractivity contribution in [3.05, 3.63) is 23.3 Å². The normalized spacial score (nSPS) is 10.4. The van der Waals surface area contributed by atoms with Crippen LogP contribution in [0.4, 0.5) is 0 Å². The van der Waals surface area contributed by atoms with Gasteiger partial charge in [0.05, 0.1) is 27.9 Å². The van der Waals surface area contributed by atoms with Crippen LogP contribution < -0.4 is 9.47 Å². The van der Waals surface area contributed by atoms with Gasteiger partial charge in [-0.25, -0.2) is 0 Å². The van der Waals surface area contributed by atoms with Gasteiger partial charge in [-0.1, -0.05) is 0 Å². The summed E-state index contributed by atoms with van der Waals surface area (Å²) in [6.07, 6.45) is 0. The lowest BCUT2D eigenvalue weighted by molar-refractivity contribution is -0.141. The van der Waals surface area contributed by atoms with Crippen LogP contribution in [-0.2, 0) is 16.1 Å². The molecule has 0 aliphatic heterocycles. The molecule has 0 spiro atoms. The first-order chi connectivity index (χ1) is 9.01. The average Bonchev–Trinajstić information content (AvgIpc) is 2.39. The van der Waals surface area contributed by atoms with Crippen molar-refractivity contribution < 1.29 is 19.0 Å². The summed E-state index contributed by atoms with van der Waals surface area (Å²) in [6.45, 7) is 2.77. The molecule has 5 nitrogen and oxygen atoms in total. The summed E-state index contributed by atoms with van der Waals surface area (Å²) in [7, 11) is 6.50. The number of nitrogens with zero attached hydrogens (tertiary/aromatic N) is 1. The quantitative estimate of drug-likeness (QED) is 0.733. The minimum Gasteiger partial charge on any atom is -0.496 e. The maximum absolute atomic E-state index is 11.2. The van der Waals surface area contributed by atoms with Gasteiger partial charge in [-0.15, -0.1) is 0 Å². The largest absolute Gasteiger partial charge is 0.496 e. The van der Waals surface area contributed by atoms with Crippen molar-refractivity contribution in [2.24, 2.45) is 0 Å². The highest BCUT2D eigenvalue weighted by atomic mass is 16.5. The minimum atomic E-state index is -0.263. The van der Waals surface area contributed by atoms with Crippen molar-refractivity contribution in [3.63, 3.8) is 0 Å². The van der Waals surface area contributed by atoms with Crippen molar-refractivity contribution in [2.75, 3.05) is 34.9 Å². The predicted octanol–water partition coefficient (Wildman–Crippen LogP) is 1.62. The second-order valence-electron chi connectivity index (χ2n) is 4.38. The van der Waals surface area contributed by atoms with Gasteiger partial charge in [0.2, 0.25) is 0 Å². The number of benzene rings is 1. The standard InChI is InChI=1S/C14H21NO4/c1-10-6-13(18-4)11(7-12(10)17-3)8-15(2)9-14(16)19-5/h6-7H,8-9H2,1-5H3. The van der Waals surface area contributed by atoms with Crippen LogP contribution in [-0.4, -0.2) is 45.8 Å². The number of likely N-dealkylation sites (N-methyl/N-ethyl adjacent to an activating group) is 1. The molecule has 0 radical (unpaired) electrons. The number of carbonyl (C=O) groups is 1. The fourth-order valence-corrected chi connectivity index (χ4v) is 1.87. The Bertz CT molecular complexity index is 445. The minimum absolute atomic E-state index is 0.232. The molecule has 0 saturated carbocycles. The zero-order chi connectivity index (χ0) is 14.4. The Morgan fingerprint density at radius 3 is 2.32 bits per heavy atom. The summed E-state index contributed by atoms with van der Waals surface area (Å²) in [5.41, 5.74) is 1.98. The second kappa shape index (κ2) is 6.99. The zero-order valence-electron chi connectivity index (χ0n) is 12.1. The molecule has 1 aromatic carbocycles. The van der Waals surface area contributed by atoms with Gasteiger partial charge in [-0.3, -0.25) is 9.69 Å². The van der Waals surface area contributed by atoms with Crippen molar-refractivity contribution in [1.29, 1.82) is 0 Å². The van der Waals surface area contributed by atoms with Gasteiger partial charge >= 0.3 is 5.97 Å². The van der Waals surface area contributed by atoms with E-state index in [2.05, 4.69) is 4.74 Å². The van der Waals surface area contributed by atoms with Gasteiger partial charge in [-0.05, 0) is 31.7 Å². The molecule has 0 N–H and O–H groups in total. The van der Waals surface area contributed by atoms with Gasteiger partial charge in [-0.2, -0.15) is 0 Å². The van der Waals surface area contributed by atoms with E-state index >= 15 is 0 Å². The Balaban J connectivity index is 2.89. The van der Waals surface area contributed by atoms with E-state index in [9.17, 15) is 4.79 Å². The highest BCUT2D eigenvalue weighted by Crippen LogP contribution is 2.28. The SMILES string of the molecule is COC(=O)CN(C)Cc1cc(OC)c(C)cc1OC. The lowest BCUT2D eigenvalue weighted by atomic mass is 10.1. The van der Waals surface area contributed by atoms with E-state index in [1.807, 2.05) is 31.0 Å². The molecule has 5 heteroatoms. The van der Waals surface area contributed by atoms with Crippen LogP contribution in [0.1, 0.15) is 11.1 Å². The van der Waals surface area contributed by atoms with E-state index in [-0.39, 0.29) is 12.5 Å². The summed E-state index contributed by atoms with van der Waals surface area (Å²) in [5.74, 6) is 1.33. The Kier molecular flexibility index (Phi) is 5.63. The number of hydrogen-bond acceptors (Lipinski definition) is 5. The number of carbonyl (C=O) groups excluding carboxylic acids is 1. The summed E-state index contributed by atoms with van der Waals surface area (Å²) in [5, 5.41) is 0. The predicted molar refractivity (Wildman–Crippen MR) is 72.6 cm³/mol. The first kappa shape index (κ1) is 15.3. The van der Waals surface area contributed by atoms with Crippen molar-refractivity contribution in [1.82, 2.24) is 4.90 Å². The van der Waals surface area contributed by atoms with Gasteiger partial charge < -0.3 is 14.2 Å². The molecule has 0 aliphatic rings. The smallest absolute Gasteiger partial charge is 0.319 e. The van der Waals surface area contributed by atoms with Gasteiger partial charge in [0, 0.05) is 12.1 Å². The molecule has 0 saturated heterocycles. The van der Waals surface area contributed by atoms with E-state index < -0.39 is 0 Å². The summed E-state index contributed by atoms with van der Waals surface area (Å²) in [6, 6.07) is 3.86. The third-order valence-corrected chi connectivity index (χ3v) is 2.86. The molecule has 0 unspecified atom stereocenters. The third kappa shape index (κ3) is 4.13. The molecule has 19 heavy (non-hydrogen) atoms. The summed E-state index contributed by atoms with van der Waals surface area (Å²) < 4.78 is 15.3.